The zero-order chi connectivity index (χ0) is 20.8. The van der Waals surface area contributed by atoms with Gasteiger partial charge >= 0.3 is 0 Å². The number of nitrogens with zero attached hydrogens (tertiary/aromatic N) is 3. The minimum atomic E-state index is 0.0231. The van der Waals surface area contributed by atoms with Crippen molar-refractivity contribution in [2.75, 3.05) is 39.2 Å². The third-order valence-corrected chi connectivity index (χ3v) is 5.60. The van der Waals surface area contributed by atoms with Crippen molar-refractivity contribution in [2.45, 2.75) is 32.6 Å². The molecule has 0 saturated carbocycles. The summed E-state index contributed by atoms with van der Waals surface area (Å²) in [5, 5.41) is 7.21. The van der Waals surface area contributed by atoms with Gasteiger partial charge in [-0.25, -0.2) is 0 Å². The predicted molar refractivity (Wildman–Crippen MR) is 114 cm³/mol. The molecule has 0 bridgehead atoms. The second-order valence-corrected chi connectivity index (χ2v) is 7.82. The molecule has 0 unspecified atom stereocenters. The van der Waals surface area contributed by atoms with Crippen LogP contribution in [0.15, 0.2) is 24.3 Å². The third kappa shape index (κ3) is 5.97. The molecular weight excluding hydrogens is 368 g/mol. The SMILES string of the molecule is COc1cc(CCC2CCN(CC(=O)Nc3cc(C)nn3C)CC2)cc(OC)c1. The smallest absolute Gasteiger partial charge is 0.239 e. The molecule has 1 aromatic heterocycles. The molecule has 1 aromatic carbocycles. The Morgan fingerprint density at radius 3 is 2.34 bits per heavy atom. The summed E-state index contributed by atoms with van der Waals surface area (Å²) in [5.41, 5.74) is 2.15. The van der Waals surface area contributed by atoms with Crippen molar-refractivity contribution >= 4 is 11.7 Å². The normalized spacial score (nSPS) is 15.3. The highest BCUT2D eigenvalue weighted by molar-refractivity contribution is 5.91. The molecule has 29 heavy (non-hydrogen) atoms. The molecule has 1 fully saturated rings. The van der Waals surface area contributed by atoms with Gasteiger partial charge in [0.15, 0.2) is 0 Å². The first kappa shape index (κ1) is 21.2. The molecule has 0 spiro atoms. The van der Waals surface area contributed by atoms with Gasteiger partial charge < -0.3 is 14.8 Å². The van der Waals surface area contributed by atoms with E-state index in [9.17, 15) is 4.79 Å². The first-order chi connectivity index (χ1) is 14.0. The lowest BCUT2D eigenvalue weighted by Gasteiger charge is -2.31. The largest absolute Gasteiger partial charge is 0.497 e. The summed E-state index contributed by atoms with van der Waals surface area (Å²) in [6, 6.07) is 7.96. The van der Waals surface area contributed by atoms with Crippen LogP contribution in [0, 0.1) is 12.8 Å². The van der Waals surface area contributed by atoms with Crippen LogP contribution >= 0.6 is 0 Å². The Kier molecular flexibility index (Phi) is 7.14. The van der Waals surface area contributed by atoms with E-state index in [0.29, 0.717) is 12.5 Å². The van der Waals surface area contributed by atoms with E-state index < -0.39 is 0 Å². The zero-order valence-electron chi connectivity index (χ0n) is 17.9. The number of aromatic nitrogens is 2. The van der Waals surface area contributed by atoms with Gasteiger partial charge in [-0.05, 0) is 69.3 Å². The molecule has 1 saturated heterocycles. The number of amides is 1. The predicted octanol–water partition coefficient (Wildman–Crippen LogP) is 3.03. The quantitative estimate of drug-likeness (QED) is 0.738. The average molecular weight is 401 g/mol. The van der Waals surface area contributed by atoms with Gasteiger partial charge in [0.2, 0.25) is 5.91 Å². The molecule has 1 aliphatic heterocycles. The Hall–Kier alpha value is -2.54. The summed E-state index contributed by atoms with van der Waals surface area (Å²) in [6.07, 6.45) is 4.40. The van der Waals surface area contributed by atoms with Crippen molar-refractivity contribution in [3.63, 3.8) is 0 Å². The number of hydrogen-bond acceptors (Lipinski definition) is 5. The number of carbonyl (C=O) groups is 1. The Labute approximate surface area is 173 Å². The number of hydrogen-bond donors (Lipinski definition) is 1. The summed E-state index contributed by atoms with van der Waals surface area (Å²) in [6.45, 7) is 4.28. The van der Waals surface area contributed by atoms with Crippen LogP contribution in [-0.2, 0) is 18.3 Å². The van der Waals surface area contributed by atoms with E-state index in [1.165, 1.54) is 5.56 Å². The summed E-state index contributed by atoms with van der Waals surface area (Å²) < 4.78 is 12.4. The van der Waals surface area contributed by atoms with Crippen LogP contribution in [0.3, 0.4) is 0 Å². The Balaban J connectivity index is 1.42. The van der Waals surface area contributed by atoms with Crippen molar-refractivity contribution in [2.24, 2.45) is 13.0 Å². The van der Waals surface area contributed by atoms with Crippen LogP contribution in [0.2, 0.25) is 0 Å². The molecule has 7 nitrogen and oxygen atoms in total. The van der Waals surface area contributed by atoms with E-state index in [2.05, 4.69) is 27.4 Å². The number of piperidine rings is 1. The number of anilines is 1. The minimum absolute atomic E-state index is 0.0231. The van der Waals surface area contributed by atoms with Crippen molar-refractivity contribution < 1.29 is 14.3 Å². The number of ether oxygens (including phenoxy) is 2. The number of rotatable bonds is 8. The first-order valence-corrected chi connectivity index (χ1v) is 10.2. The average Bonchev–Trinajstić information content (AvgIpc) is 3.03. The molecule has 7 heteroatoms. The molecule has 2 heterocycles. The number of likely N-dealkylation sites (tertiary alicyclic amines) is 1. The second-order valence-electron chi connectivity index (χ2n) is 7.82. The lowest BCUT2D eigenvalue weighted by molar-refractivity contribution is -0.117. The molecule has 158 valence electrons. The summed E-state index contributed by atoms with van der Waals surface area (Å²) in [7, 11) is 5.20. The fourth-order valence-corrected chi connectivity index (χ4v) is 3.93. The van der Waals surface area contributed by atoms with Gasteiger partial charge in [0.05, 0.1) is 26.5 Å². The summed E-state index contributed by atoms with van der Waals surface area (Å²) in [5.74, 6) is 3.13. The standard InChI is InChI=1S/C22H32N4O3/c1-16-11-21(25(2)24-16)23-22(27)15-26-9-7-17(8-10-26)5-6-18-12-19(28-3)14-20(13-18)29-4/h11-14,17H,5-10,15H2,1-4H3,(H,23,27). The highest BCUT2D eigenvalue weighted by Crippen LogP contribution is 2.27. The summed E-state index contributed by atoms with van der Waals surface area (Å²) in [4.78, 5) is 14.6. The van der Waals surface area contributed by atoms with E-state index in [4.69, 9.17) is 9.47 Å². The third-order valence-electron chi connectivity index (χ3n) is 5.60. The molecule has 1 amide bonds. The molecule has 2 aromatic rings. The van der Waals surface area contributed by atoms with E-state index in [0.717, 1.165) is 61.8 Å². The highest BCUT2D eigenvalue weighted by atomic mass is 16.5. The van der Waals surface area contributed by atoms with Gasteiger partial charge in [0, 0.05) is 19.2 Å². The molecule has 0 aliphatic carbocycles. The lowest BCUT2D eigenvalue weighted by atomic mass is 9.90. The Morgan fingerprint density at radius 2 is 1.79 bits per heavy atom. The van der Waals surface area contributed by atoms with Crippen LogP contribution in [-0.4, -0.2) is 54.4 Å². The zero-order valence-corrected chi connectivity index (χ0v) is 17.9. The summed E-state index contributed by atoms with van der Waals surface area (Å²) >= 11 is 0. The Bertz CT molecular complexity index is 803. The lowest BCUT2D eigenvalue weighted by Crippen LogP contribution is -2.39. The number of aryl methyl sites for hydroxylation is 3. The number of benzene rings is 1. The number of methoxy groups -OCH3 is 2. The van der Waals surface area contributed by atoms with Gasteiger partial charge in [0.1, 0.15) is 17.3 Å². The first-order valence-electron chi connectivity index (χ1n) is 10.2. The van der Waals surface area contributed by atoms with Gasteiger partial charge in [-0.15, -0.1) is 0 Å². The molecule has 0 atom stereocenters. The number of nitrogens with one attached hydrogen (secondary N) is 1. The molecule has 1 N–H and O–H groups in total. The van der Waals surface area contributed by atoms with E-state index in [1.807, 2.05) is 26.1 Å². The van der Waals surface area contributed by atoms with Gasteiger partial charge in [-0.2, -0.15) is 5.10 Å². The van der Waals surface area contributed by atoms with Crippen molar-refractivity contribution in [3.8, 4) is 11.5 Å². The molecule has 1 aliphatic rings. The van der Waals surface area contributed by atoms with Crippen LogP contribution in [0.25, 0.3) is 0 Å². The monoisotopic (exact) mass is 400 g/mol. The fourth-order valence-electron chi connectivity index (χ4n) is 3.93. The van der Waals surface area contributed by atoms with Crippen LogP contribution in [0.1, 0.15) is 30.5 Å². The van der Waals surface area contributed by atoms with E-state index in [1.54, 1.807) is 18.9 Å². The maximum atomic E-state index is 12.3. The van der Waals surface area contributed by atoms with Crippen molar-refractivity contribution in [1.82, 2.24) is 14.7 Å². The van der Waals surface area contributed by atoms with Crippen LogP contribution < -0.4 is 14.8 Å². The van der Waals surface area contributed by atoms with Gasteiger partial charge in [-0.3, -0.25) is 14.4 Å². The maximum absolute atomic E-state index is 12.3. The minimum Gasteiger partial charge on any atom is -0.497 e. The van der Waals surface area contributed by atoms with E-state index >= 15 is 0 Å². The van der Waals surface area contributed by atoms with Crippen molar-refractivity contribution in [3.05, 3.63) is 35.5 Å². The molecular formula is C22H32N4O3. The number of carbonyl (C=O) groups excluding carboxylic acids is 1. The second kappa shape index (κ2) is 9.78. The topological polar surface area (TPSA) is 68.6 Å². The Morgan fingerprint density at radius 1 is 1.14 bits per heavy atom. The fraction of sp³-hybridized carbons (Fsp3) is 0.545. The molecule has 0 radical (unpaired) electrons. The van der Waals surface area contributed by atoms with Gasteiger partial charge in [-0.1, -0.05) is 0 Å². The van der Waals surface area contributed by atoms with Crippen LogP contribution in [0.4, 0.5) is 5.82 Å². The highest BCUT2D eigenvalue weighted by Gasteiger charge is 2.21. The van der Waals surface area contributed by atoms with E-state index in [-0.39, 0.29) is 5.91 Å². The van der Waals surface area contributed by atoms with Gasteiger partial charge in [0.25, 0.3) is 0 Å². The van der Waals surface area contributed by atoms with Crippen LogP contribution in [0.5, 0.6) is 11.5 Å². The maximum Gasteiger partial charge on any atom is 0.239 e. The van der Waals surface area contributed by atoms with Crippen molar-refractivity contribution in [1.29, 1.82) is 0 Å². The molecule has 3 rings (SSSR count).